The zero-order valence-corrected chi connectivity index (χ0v) is 18.9. The summed E-state index contributed by atoms with van der Waals surface area (Å²) in [5, 5.41) is 0. The Morgan fingerprint density at radius 1 is 0.897 bits per heavy atom. The Kier molecular flexibility index (Phi) is 15.9. The van der Waals surface area contributed by atoms with Gasteiger partial charge in [0.2, 0.25) is 0 Å². The van der Waals surface area contributed by atoms with Crippen LogP contribution >= 0.6 is 0 Å². The van der Waals surface area contributed by atoms with Gasteiger partial charge in [0.05, 0.1) is 13.0 Å². The molecule has 170 valence electrons. The minimum atomic E-state index is -0.372. The molecule has 0 aliphatic carbocycles. The molecule has 0 saturated carbocycles. The molecule has 5 nitrogen and oxygen atoms in total. The second-order valence-corrected chi connectivity index (χ2v) is 8.45. The SMILES string of the molecule is CCCCCCCCCCCCCCCCOCC1CC(OC(C)=O)CC(=O)O1. The summed E-state index contributed by atoms with van der Waals surface area (Å²) in [6.45, 7) is 4.72. The Hall–Kier alpha value is -1.10. The van der Waals surface area contributed by atoms with Gasteiger partial charge in [0.25, 0.3) is 0 Å². The molecule has 5 heteroatoms. The minimum Gasteiger partial charge on any atom is -0.462 e. The van der Waals surface area contributed by atoms with Crippen LogP contribution in [-0.2, 0) is 23.8 Å². The molecule has 1 fully saturated rings. The maximum atomic E-state index is 11.6. The first-order valence-electron chi connectivity index (χ1n) is 12.1. The molecule has 1 aliphatic heterocycles. The van der Waals surface area contributed by atoms with Crippen molar-refractivity contribution in [1.82, 2.24) is 0 Å². The van der Waals surface area contributed by atoms with Gasteiger partial charge in [-0.05, 0) is 6.42 Å². The minimum absolute atomic E-state index is 0.148. The van der Waals surface area contributed by atoms with E-state index in [1.165, 1.54) is 90.4 Å². The number of carbonyl (C=O) groups excluding carboxylic acids is 2. The predicted molar refractivity (Wildman–Crippen MR) is 116 cm³/mol. The summed E-state index contributed by atoms with van der Waals surface area (Å²) in [6, 6.07) is 0. The summed E-state index contributed by atoms with van der Waals surface area (Å²) in [5.74, 6) is -0.667. The van der Waals surface area contributed by atoms with Gasteiger partial charge in [0, 0.05) is 20.0 Å². The van der Waals surface area contributed by atoms with Crippen LogP contribution in [0.25, 0.3) is 0 Å². The van der Waals surface area contributed by atoms with Gasteiger partial charge in [-0.1, -0.05) is 90.4 Å². The fraction of sp³-hybridized carbons (Fsp3) is 0.917. The fourth-order valence-electron chi connectivity index (χ4n) is 3.88. The molecule has 0 radical (unpaired) electrons. The largest absolute Gasteiger partial charge is 0.462 e. The quantitative estimate of drug-likeness (QED) is 0.200. The summed E-state index contributed by atoms with van der Waals surface area (Å²) in [6.07, 6.45) is 18.8. The standard InChI is InChI=1S/C24H44O5/c1-3-4-5-6-7-8-9-10-11-12-13-14-15-16-17-27-20-23-18-22(28-21(2)25)19-24(26)29-23/h22-23H,3-20H2,1-2H3. The van der Waals surface area contributed by atoms with Crippen LogP contribution in [0.1, 0.15) is 117 Å². The van der Waals surface area contributed by atoms with E-state index < -0.39 is 0 Å². The van der Waals surface area contributed by atoms with Crippen molar-refractivity contribution < 1.29 is 23.8 Å². The highest BCUT2D eigenvalue weighted by molar-refractivity contribution is 5.72. The zero-order valence-electron chi connectivity index (χ0n) is 18.9. The van der Waals surface area contributed by atoms with E-state index in [2.05, 4.69) is 6.92 Å². The van der Waals surface area contributed by atoms with Crippen molar-refractivity contribution in [3.8, 4) is 0 Å². The van der Waals surface area contributed by atoms with E-state index in [0.717, 1.165) is 6.42 Å². The van der Waals surface area contributed by atoms with Gasteiger partial charge in [-0.2, -0.15) is 0 Å². The van der Waals surface area contributed by atoms with Crippen LogP contribution in [-0.4, -0.2) is 37.4 Å². The average Bonchev–Trinajstić information content (AvgIpc) is 2.66. The molecule has 1 saturated heterocycles. The molecule has 1 rings (SSSR count). The average molecular weight is 413 g/mol. The van der Waals surface area contributed by atoms with Gasteiger partial charge < -0.3 is 14.2 Å². The van der Waals surface area contributed by atoms with Gasteiger partial charge in [0.15, 0.2) is 0 Å². The fourth-order valence-corrected chi connectivity index (χ4v) is 3.88. The lowest BCUT2D eigenvalue weighted by molar-refractivity contribution is -0.171. The molecule has 0 N–H and O–H groups in total. The zero-order chi connectivity index (χ0) is 21.2. The highest BCUT2D eigenvalue weighted by atomic mass is 16.6. The first kappa shape index (κ1) is 25.9. The third kappa shape index (κ3) is 15.4. The van der Waals surface area contributed by atoms with E-state index in [4.69, 9.17) is 14.2 Å². The van der Waals surface area contributed by atoms with E-state index in [0.29, 0.717) is 19.6 Å². The smallest absolute Gasteiger partial charge is 0.309 e. The topological polar surface area (TPSA) is 61.8 Å². The van der Waals surface area contributed by atoms with Crippen LogP contribution in [0.15, 0.2) is 0 Å². The number of rotatable bonds is 18. The molecule has 1 heterocycles. The Labute approximate surface area is 178 Å². The first-order valence-corrected chi connectivity index (χ1v) is 12.1. The van der Waals surface area contributed by atoms with Gasteiger partial charge in [-0.3, -0.25) is 9.59 Å². The van der Waals surface area contributed by atoms with Gasteiger partial charge in [0.1, 0.15) is 12.2 Å². The van der Waals surface area contributed by atoms with Gasteiger partial charge >= 0.3 is 11.9 Å². The van der Waals surface area contributed by atoms with Crippen molar-refractivity contribution in [3.63, 3.8) is 0 Å². The number of hydrogen-bond acceptors (Lipinski definition) is 5. The van der Waals surface area contributed by atoms with Crippen molar-refractivity contribution in [2.24, 2.45) is 0 Å². The maximum Gasteiger partial charge on any atom is 0.309 e. The lowest BCUT2D eigenvalue weighted by atomic mass is 10.0. The van der Waals surface area contributed by atoms with E-state index >= 15 is 0 Å². The normalized spacial score (nSPS) is 19.2. The van der Waals surface area contributed by atoms with E-state index in [-0.39, 0.29) is 30.6 Å². The van der Waals surface area contributed by atoms with Crippen LogP contribution in [0.5, 0.6) is 0 Å². The molecule has 0 bridgehead atoms. The summed E-state index contributed by atoms with van der Waals surface area (Å²) in [4.78, 5) is 22.6. The molecule has 1 aliphatic rings. The Morgan fingerprint density at radius 3 is 1.93 bits per heavy atom. The van der Waals surface area contributed by atoms with Gasteiger partial charge in [-0.15, -0.1) is 0 Å². The molecule has 29 heavy (non-hydrogen) atoms. The molecular formula is C24H44O5. The number of unbranched alkanes of at least 4 members (excludes halogenated alkanes) is 13. The molecule has 0 aromatic heterocycles. The molecule has 0 amide bonds. The first-order chi connectivity index (χ1) is 14.1. The van der Waals surface area contributed by atoms with Crippen molar-refractivity contribution in [3.05, 3.63) is 0 Å². The van der Waals surface area contributed by atoms with Crippen LogP contribution in [0.2, 0.25) is 0 Å². The molecule has 0 aromatic rings. The number of ether oxygens (including phenoxy) is 3. The van der Waals surface area contributed by atoms with Crippen molar-refractivity contribution >= 4 is 11.9 Å². The highest BCUT2D eigenvalue weighted by Crippen LogP contribution is 2.19. The van der Waals surface area contributed by atoms with Crippen molar-refractivity contribution in [2.75, 3.05) is 13.2 Å². The monoisotopic (exact) mass is 412 g/mol. The lowest BCUT2D eigenvalue weighted by Gasteiger charge is -2.28. The van der Waals surface area contributed by atoms with E-state index in [1.54, 1.807) is 0 Å². The van der Waals surface area contributed by atoms with Crippen molar-refractivity contribution in [2.45, 2.75) is 129 Å². The number of cyclic esters (lactones) is 1. The Morgan fingerprint density at radius 2 is 1.41 bits per heavy atom. The van der Waals surface area contributed by atoms with Crippen LogP contribution < -0.4 is 0 Å². The lowest BCUT2D eigenvalue weighted by Crippen LogP contribution is -2.37. The molecule has 2 atom stereocenters. The number of carbonyl (C=O) groups is 2. The van der Waals surface area contributed by atoms with Gasteiger partial charge in [-0.25, -0.2) is 0 Å². The molecule has 0 spiro atoms. The molecular weight excluding hydrogens is 368 g/mol. The Bertz CT molecular complexity index is 421. The van der Waals surface area contributed by atoms with Crippen LogP contribution in [0.4, 0.5) is 0 Å². The summed E-state index contributed by atoms with van der Waals surface area (Å²) in [7, 11) is 0. The van der Waals surface area contributed by atoms with Crippen LogP contribution in [0, 0.1) is 0 Å². The van der Waals surface area contributed by atoms with Crippen LogP contribution in [0.3, 0.4) is 0 Å². The number of hydrogen-bond donors (Lipinski definition) is 0. The van der Waals surface area contributed by atoms with E-state index in [1.807, 2.05) is 0 Å². The second kappa shape index (κ2) is 17.7. The Balaban J connectivity index is 1.84. The third-order valence-corrected chi connectivity index (χ3v) is 5.50. The summed E-state index contributed by atoms with van der Waals surface area (Å²) in [5.41, 5.74) is 0. The highest BCUT2D eigenvalue weighted by Gasteiger charge is 2.30. The van der Waals surface area contributed by atoms with Crippen molar-refractivity contribution in [1.29, 1.82) is 0 Å². The molecule has 0 aromatic carbocycles. The molecule has 2 unspecified atom stereocenters. The predicted octanol–water partition coefficient (Wildman–Crippen LogP) is 6.12. The maximum absolute atomic E-state index is 11.6. The van der Waals surface area contributed by atoms with E-state index in [9.17, 15) is 9.59 Å². The second-order valence-electron chi connectivity index (χ2n) is 8.45. The third-order valence-electron chi connectivity index (χ3n) is 5.50. The summed E-state index contributed by atoms with van der Waals surface area (Å²) >= 11 is 0. The summed E-state index contributed by atoms with van der Waals surface area (Å²) < 4.78 is 16.1. The number of esters is 2.